The van der Waals surface area contributed by atoms with Crippen LogP contribution in [0.5, 0.6) is 11.5 Å². The minimum Gasteiger partial charge on any atom is -0.494 e. The Morgan fingerprint density at radius 2 is 1.15 bits per heavy atom. The summed E-state index contributed by atoms with van der Waals surface area (Å²) >= 11 is 0. The van der Waals surface area contributed by atoms with Gasteiger partial charge in [0, 0.05) is 29.7 Å². The molecule has 0 aromatic heterocycles. The van der Waals surface area contributed by atoms with E-state index < -0.39 is 18.2 Å². The standard InChI is InChI=1S/C47H52F2O6/c1-4-7-10-13-46(55-45(51)6-3)54-39-26-20-35(21-27-39)15-17-37-23-29-41-40-28-22-36(32-42(40)47(48,49)43(41)33-37)16-14-34-18-24-38(25-19-34)52-30-11-8-9-12-31-53-44(50)5-2/h5-6,18-29,32-33,46H,2-4,7-17,30-31H2,1H3. The summed E-state index contributed by atoms with van der Waals surface area (Å²) in [5, 5.41) is 0. The molecule has 1 aliphatic rings. The topological polar surface area (TPSA) is 71.1 Å². The molecule has 0 saturated carbocycles. The van der Waals surface area contributed by atoms with Gasteiger partial charge in [-0.3, -0.25) is 0 Å². The number of benzene rings is 4. The number of esters is 2. The number of alkyl halides is 2. The first-order valence-electron chi connectivity index (χ1n) is 19.4. The number of ether oxygens (including phenoxy) is 4. The minimum absolute atomic E-state index is 0.0636. The Bertz CT molecular complexity index is 1880. The van der Waals surface area contributed by atoms with Gasteiger partial charge in [-0.05, 0) is 128 Å². The molecule has 0 radical (unpaired) electrons. The zero-order valence-corrected chi connectivity index (χ0v) is 31.8. The Balaban J connectivity index is 1.09. The lowest BCUT2D eigenvalue weighted by Crippen LogP contribution is -2.23. The number of unbranched alkanes of at least 4 members (excludes halogenated alkanes) is 5. The zero-order chi connectivity index (χ0) is 39.0. The molecule has 55 heavy (non-hydrogen) atoms. The first kappa shape index (κ1) is 40.9. The molecule has 4 aromatic rings. The van der Waals surface area contributed by atoms with Crippen LogP contribution in [0.4, 0.5) is 8.78 Å². The average molecular weight is 751 g/mol. The van der Waals surface area contributed by atoms with E-state index in [4.69, 9.17) is 18.9 Å². The second kappa shape index (κ2) is 20.4. The van der Waals surface area contributed by atoms with Crippen LogP contribution in [0, 0.1) is 0 Å². The molecular formula is C47H52F2O6. The molecule has 4 aromatic carbocycles. The fraction of sp³-hybridized carbons (Fsp3) is 0.362. The van der Waals surface area contributed by atoms with Gasteiger partial charge in [-0.15, -0.1) is 0 Å². The van der Waals surface area contributed by atoms with Gasteiger partial charge >= 0.3 is 11.9 Å². The predicted molar refractivity (Wildman–Crippen MR) is 213 cm³/mol. The van der Waals surface area contributed by atoms with E-state index >= 15 is 8.78 Å². The molecule has 8 heteroatoms. The highest BCUT2D eigenvalue weighted by Gasteiger charge is 2.44. The van der Waals surface area contributed by atoms with Crippen LogP contribution in [-0.2, 0) is 50.7 Å². The fourth-order valence-electron chi connectivity index (χ4n) is 6.70. The van der Waals surface area contributed by atoms with Crippen molar-refractivity contribution in [2.45, 2.75) is 96.2 Å². The van der Waals surface area contributed by atoms with Crippen LogP contribution in [0.1, 0.15) is 91.7 Å². The second-order valence-corrected chi connectivity index (χ2v) is 13.9. The summed E-state index contributed by atoms with van der Waals surface area (Å²) in [4.78, 5) is 22.8. The van der Waals surface area contributed by atoms with Gasteiger partial charge in [0.2, 0.25) is 6.29 Å². The van der Waals surface area contributed by atoms with Crippen LogP contribution in [0.3, 0.4) is 0 Å². The third-order valence-corrected chi connectivity index (χ3v) is 9.83. The van der Waals surface area contributed by atoms with Crippen LogP contribution in [0.15, 0.2) is 110 Å². The van der Waals surface area contributed by atoms with Crippen LogP contribution in [0.2, 0.25) is 0 Å². The van der Waals surface area contributed by atoms with E-state index in [1.807, 2.05) is 72.8 Å². The number of hydrogen-bond donors (Lipinski definition) is 0. The van der Waals surface area contributed by atoms with Crippen molar-refractivity contribution in [1.29, 1.82) is 0 Å². The number of carbonyl (C=O) groups excluding carboxylic acids is 2. The molecule has 0 spiro atoms. The molecule has 0 N–H and O–H groups in total. The summed E-state index contributed by atoms with van der Waals surface area (Å²) in [6.07, 6.45) is 11.5. The lowest BCUT2D eigenvalue weighted by atomic mass is 9.98. The van der Waals surface area contributed by atoms with Crippen molar-refractivity contribution >= 4 is 11.9 Å². The largest absolute Gasteiger partial charge is 0.494 e. The van der Waals surface area contributed by atoms with E-state index in [2.05, 4.69) is 20.1 Å². The van der Waals surface area contributed by atoms with Crippen molar-refractivity contribution < 1.29 is 37.3 Å². The van der Waals surface area contributed by atoms with Gasteiger partial charge in [0.05, 0.1) is 13.2 Å². The fourth-order valence-corrected chi connectivity index (χ4v) is 6.70. The van der Waals surface area contributed by atoms with Crippen LogP contribution in [0.25, 0.3) is 11.1 Å². The number of aryl methyl sites for hydroxylation is 4. The third kappa shape index (κ3) is 11.9. The summed E-state index contributed by atoms with van der Waals surface area (Å²) in [5.41, 5.74) is 5.22. The van der Waals surface area contributed by atoms with Crippen molar-refractivity contribution in [3.63, 3.8) is 0 Å². The third-order valence-electron chi connectivity index (χ3n) is 9.83. The van der Waals surface area contributed by atoms with Gasteiger partial charge in [0.1, 0.15) is 11.5 Å². The lowest BCUT2D eigenvalue weighted by Gasteiger charge is -2.19. The minimum atomic E-state index is -3.07. The average Bonchev–Trinajstić information content (AvgIpc) is 3.42. The van der Waals surface area contributed by atoms with Crippen molar-refractivity contribution in [2.24, 2.45) is 0 Å². The number of carbonyl (C=O) groups is 2. The predicted octanol–water partition coefficient (Wildman–Crippen LogP) is 11.1. The Morgan fingerprint density at radius 3 is 1.69 bits per heavy atom. The highest BCUT2D eigenvalue weighted by molar-refractivity contribution is 5.82. The maximum Gasteiger partial charge on any atom is 0.333 e. The first-order chi connectivity index (χ1) is 26.7. The van der Waals surface area contributed by atoms with E-state index in [-0.39, 0.29) is 17.1 Å². The van der Waals surface area contributed by atoms with E-state index in [1.54, 1.807) is 12.1 Å². The first-order valence-corrected chi connectivity index (χ1v) is 19.4. The lowest BCUT2D eigenvalue weighted by molar-refractivity contribution is -0.158. The molecule has 0 amide bonds. The molecule has 0 fully saturated rings. The molecule has 5 rings (SSSR count). The summed E-state index contributed by atoms with van der Waals surface area (Å²) in [5.74, 6) is -2.58. The summed E-state index contributed by atoms with van der Waals surface area (Å²) in [6.45, 7) is 9.98. The molecule has 1 aliphatic carbocycles. The molecule has 0 aliphatic heterocycles. The van der Waals surface area contributed by atoms with Gasteiger partial charge in [-0.2, -0.15) is 8.78 Å². The van der Waals surface area contributed by atoms with Gasteiger partial charge in [0.15, 0.2) is 0 Å². The monoisotopic (exact) mass is 750 g/mol. The normalized spacial score (nSPS) is 12.9. The quantitative estimate of drug-likeness (QED) is 0.0325. The van der Waals surface area contributed by atoms with Crippen molar-refractivity contribution in [1.82, 2.24) is 0 Å². The Labute approximate surface area is 324 Å². The van der Waals surface area contributed by atoms with E-state index in [0.29, 0.717) is 55.8 Å². The molecule has 0 bridgehead atoms. The Hall–Kier alpha value is -5.24. The number of fused-ring (bicyclic) bond motifs is 3. The Morgan fingerprint density at radius 1 is 0.636 bits per heavy atom. The molecular weight excluding hydrogens is 699 g/mol. The highest BCUT2D eigenvalue weighted by atomic mass is 19.3. The van der Waals surface area contributed by atoms with E-state index in [0.717, 1.165) is 85.4 Å². The van der Waals surface area contributed by atoms with E-state index in [1.165, 1.54) is 6.08 Å². The molecule has 1 atom stereocenters. The molecule has 0 saturated heterocycles. The van der Waals surface area contributed by atoms with Gasteiger partial charge in [-0.1, -0.05) is 81.5 Å². The number of rotatable bonds is 23. The van der Waals surface area contributed by atoms with E-state index in [9.17, 15) is 9.59 Å². The van der Waals surface area contributed by atoms with Gasteiger partial charge in [-0.25, -0.2) is 9.59 Å². The van der Waals surface area contributed by atoms with Gasteiger partial charge in [0.25, 0.3) is 5.92 Å². The smallest absolute Gasteiger partial charge is 0.333 e. The number of hydrogen-bond acceptors (Lipinski definition) is 6. The van der Waals surface area contributed by atoms with Crippen LogP contribution >= 0.6 is 0 Å². The van der Waals surface area contributed by atoms with Crippen molar-refractivity contribution in [3.8, 4) is 22.6 Å². The second-order valence-electron chi connectivity index (χ2n) is 13.9. The molecule has 1 unspecified atom stereocenters. The maximum atomic E-state index is 16.0. The number of halogens is 2. The Kier molecular flexibility index (Phi) is 15.2. The summed E-state index contributed by atoms with van der Waals surface area (Å²) in [6, 6.07) is 26.5. The summed E-state index contributed by atoms with van der Waals surface area (Å²) < 4.78 is 54.1. The maximum absolute atomic E-state index is 16.0. The molecule has 6 nitrogen and oxygen atoms in total. The van der Waals surface area contributed by atoms with Crippen LogP contribution in [-0.4, -0.2) is 31.4 Å². The highest BCUT2D eigenvalue weighted by Crippen LogP contribution is 2.51. The summed E-state index contributed by atoms with van der Waals surface area (Å²) in [7, 11) is 0. The van der Waals surface area contributed by atoms with Crippen LogP contribution < -0.4 is 9.47 Å². The van der Waals surface area contributed by atoms with Crippen molar-refractivity contribution in [3.05, 3.63) is 144 Å². The van der Waals surface area contributed by atoms with Gasteiger partial charge < -0.3 is 18.9 Å². The van der Waals surface area contributed by atoms with Crippen molar-refractivity contribution in [2.75, 3.05) is 13.2 Å². The SMILES string of the molecule is C=CC(=O)OCCCCCCOc1ccc(CCc2ccc3c(c2)C(F)(F)c2cc(CCc4ccc(OC(CCCCC)OC(=O)C=C)cc4)ccc2-3)cc1. The zero-order valence-electron chi connectivity index (χ0n) is 31.8. The molecule has 0 heterocycles. The molecule has 290 valence electrons.